The molecule has 0 aliphatic carbocycles. The van der Waals surface area contributed by atoms with Gasteiger partial charge in [0.15, 0.2) is 0 Å². The van der Waals surface area contributed by atoms with Crippen LogP contribution >= 0.6 is 0 Å². The van der Waals surface area contributed by atoms with E-state index < -0.39 is 29.4 Å². The lowest BCUT2D eigenvalue weighted by atomic mass is 9.86. The molecule has 0 N–H and O–H groups in total. The largest absolute Gasteiger partial charge is 0.416 e. The molecule has 2 heterocycles. The second-order valence-corrected chi connectivity index (χ2v) is 9.33. The van der Waals surface area contributed by atoms with E-state index in [4.69, 9.17) is 0 Å². The third-order valence-corrected chi connectivity index (χ3v) is 7.10. The van der Waals surface area contributed by atoms with Crippen LogP contribution in [0, 0.1) is 11.7 Å². The zero-order valence-electron chi connectivity index (χ0n) is 19.3. The Hall–Kier alpha value is -3.68. The van der Waals surface area contributed by atoms with Gasteiger partial charge in [-0.2, -0.15) is 13.2 Å². The number of likely N-dealkylation sites (tertiary alicyclic amines) is 1. The lowest BCUT2D eigenvalue weighted by Gasteiger charge is -2.32. The van der Waals surface area contributed by atoms with E-state index in [0.717, 1.165) is 17.7 Å². The van der Waals surface area contributed by atoms with E-state index in [9.17, 15) is 27.2 Å². The van der Waals surface area contributed by atoms with Crippen LogP contribution in [-0.4, -0.2) is 41.2 Å². The summed E-state index contributed by atoms with van der Waals surface area (Å²) in [6.07, 6.45) is -3.82. The van der Waals surface area contributed by atoms with Crippen LogP contribution in [0.2, 0.25) is 0 Å². The molecule has 3 aromatic rings. The Labute approximate surface area is 206 Å². The molecule has 8 heteroatoms. The Kier molecular flexibility index (Phi) is 6.28. The Bertz CT molecular complexity index is 1290. The van der Waals surface area contributed by atoms with Gasteiger partial charge in [-0.15, -0.1) is 0 Å². The first-order valence-electron chi connectivity index (χ1n) is 11.8. The number of carbonyl (C=O) groups is 2. The minimum atomic E-state index is -4.52. The van der Waals surface area contributed by atoms with Gasteiger partial charge in [0.2, 0.25) is 5.91 Å². The topological polar surface area (TPSA) is 40.6 Å². The first-order valence-corrected chi connectivity index (χ1v) is 11.8. The molecule has 0 bridgehead atoms. The van der Waals surface area contributed by atoms with E-state index in [0.29, 0.717) is 25.1 Å². The maximum atomic E-state index is 13.7. The Balaban J connectivity index is 1.45. The van der Waals surface area contributed by atoms with E-state index >= 15 is 0 Å². The molecule has 2 aliphatic heterocycles. The Morgan fingerprint density at radius 3 is 2.28 bits per heavy atom. The fourth-order valence-corrected chi connectivity index (χ4v) is 5.20. The van der Waals surface area contributed by atoms with Gasteiger partial charge in [-0.05, 0) is 53.4 Å². The molecule has 2 atom stereocenters. The van der Waals surface area contributed by atoms with Crippen molar-refractivity contribution in [2.75, 3.05) is 19.6 Å². The third kappa shape index (κ3) is 4.72. The molecule has 2 unspecified atom stereocenters. The molecule has 2 amide bonds. The van der Waals surface area contributed by atoms with Crippen molar-refractivity contribution in [2.45, 2.75) is 25.1 Å². The smallest absolute Gasteiger partial charge is 0.338 e. The average molecular weight is 497 g/mol. The van der Waals surface area contributed by atoms with E-state index in [1.165, 1.54) is 40.8 Å². The Morgan fingerprint density at radius 2 is 1.56 bits per heavy atom. The van der Waals surface area contributed by atoms with Crippen molar-refractivity contribution in [2.24, 2.45) is 5.92 Å². The summed E-state index contributed by atoms with van der Waals surface area (Å²) in [5.41, 5.74) is 2.07. The van der Waals surface area contributed by atoms with Crippen molar-refractivity contribution in [3.63, 3.8) is 0 Å². The molecule has 3 aromatic carbocycles. The molecular weight excluding hydrogens is 472 g/mol. The van der Waals surface area contributed by atoms with Crippen LogP contribution in [0.15, 0.2) is 72.8 Å². The van der Waals surface area contributed by atoms with Crippen LogP contribution < -0.4 is 0 Å². The van der Waals surface area contributed by atoms with Gasteiger partial charge in [0.25, 0.3) is 5.91 Å². The number of hydrogen-bond donors (Lipinski definition) is 0. The van der Waals surface area contributed by atoms with E-state index in [1.807, 2.05) is 24.3 Å². The first-order chi connectivity index (χ1) is 17.2. The molecule has 1 saturated heterocycles. The van der Waals surface area contributed by atoms with E-state index in [1.54, 1.807) is 11.0 Å². The highest BCUT2D eigenvalue weighted by molar-refractivity contribution is 5.95. The zero-order valence-corrected chi connectivity index (χ0v) is 19.3. The van der Waals surface area contributed by atoms with Crippen molar-refractivity contribution in [3.8, 4) is 0 Å². The minimum absolute atomic E-state index is 0.0775. The van der Waals surface area contributed by atoms with E-state index in [-0.39, 0.29) is 30.5 Å². The quantitative estimate of drug-likeness (QED) is 0.463. The highest BCUT2D eigenvalue weighted by Gasteiger charge is 2.43. The summed E-state index contributed by atoms with van der Waals surface area (Å²) in [7, 11) is 0. The fraction of sp³-hybridized carbons (Fsp3) is 0.286. The van der Waals surface area contributed by atoms with Crippen LogP contribution in [0.3, 0.4) is 0 Å². The summed E-state index contributed by atoms with van der Waals surface area (Å²) in [5.74, 6) is -2.33. The van der Waals surface area contributed by atoms with E-state index in [2.05, 4.69) is 0 Å². The van der Waals surface area contributed by atoms with Gasteiger partial charge < -0.3 is 9.80 Å². The summed E-state index contributed by atoms with van der Waals surface area (Å²) in [5, 5.41) is 0. The summed E-state index contributed by atoms with van der Waals surface area (Å²) in [4.78, 5) is 30.1. The fourth-order valence-electron chi connectivity index (χ4n) is 5.20. The first kappa shape index (κ1) is 24.0. The van der Waals surface area contributed by atoms with Gasteiger partial charge in [-0.3, -0.25) is 9.59 Å². The maximum absolute atomic E-state index is 13.7. The molecule has 0 saturated carbocycles. The summed E-state index contributed by atoms with van der Waals surface area (Å²) in [6.45, 7) is 1.10. The number of halogens is 4. The molecule has 4 nitrogen and oxygen atoms in total. The SMILES string of the molecule is O=C(c1ccc(F)cc1)N1CC(C(=O)N2CCc3ccccc3C2)C(c2cccc(C(F)(F)F)c2)C1. The van der Waals surface area contributed by atoms with Crippen molar-refractivity contribution in [3.05, 3.63) is 106 Å². The molecule has 5 rings (SSSR count). The van der Waals surface area contributed by atoms with Gasteiger partial charge in [0.1, 0.15) is 5.82 Å². The van der Waals surface area contributed by atoms with Crippen LogP contribution in [0.5, 0.6) is 0 Å². The molecule has 0 radical (unpaired) electrons. The molecular formula is C28H24F4N2O2. The van der Waals surface area contributed by atoms with Crippen molar-refractivity contribution < 1.29 is 27.2 Å². The number of benzene rings is 3. The standard InChI is InChI=1S/C28H24F4N2O2/c29-23-10-8-19(9-11-23)26(35)34-16-24(20-6-3-7-22(14-20)28(30,31)32)25(17-34)27(36)33-13-12-18-4-1-2-5-21(18)15-33/h1-11,14,24-25H,12-13,15-17H2. The summed E-state index contributed by atoms with van der Waals surface area (Å²) >= 11 is 0. The number of hydrogen-bond acceptors (Lipinski definition) is 2. The van der Waals surface area contributed by atoms with Gasteiger partial charge in [-0.25, -0.2) is 4.39 Å². The summed E-state index contributed by atoms with van der Waals surface area (Å²) in [6, 6.07) is 18.0. The van der Waals surface area contributed by atoms with Gasteiger partial charge in [-0.1, -0.05) is 42.5 Å². The monoisotopic (exact) mass is 496 g/mol. The second-order valence-electron chi connectivity index (χ2n) is 9.33. The van der Waals surface area contributed by atoms with Crippen molar-refractivity contribution >= 4 is 11.8 Å². The Morgan fingerprint density at radius 1 is 0.833 bits per heavy atom. The van der Waals surface area contributed by atoms with Crippen LogP contribution in [0.1, 0.15) is 38.5 Å². The van der Waals surface area contributed by atoms with Crippen molar-refractivity contribution in [1.29, 1.82) is 0 Å². The molecule has 0 aromatic heterocycles. The normalized spacial score (nSPS) is 19.8. The molecule has 186 valence electrons. The zero-order chi connectivity index (χ0) is 25.4. The number of nitrogens with zero attached hydrogens (tertiary/aromatic N) is 2. The third-order valence-electron chi connectivity index (χ3n) is 7.10. The second kappa shape index (κ2) is 9.41. The molecule has 1 fully saturated rings. The predicted octanol–water partition coefficient (Wildman–Crippen LogP) is 5.29. The van der Waals surface area contributed by atoms with Gasteiger partial charge in [0.05, 0.1) is 11.5 Å². The lowest BCUT2D eigenvalue weighted by molar-refractivity contribution is -0.137. The van der Waals surface area contributed by atoms with Crippen LogP contribution in [0.4, 0.5) is 17.6 Å². The highest BCUT2D eigenvalue weighted by Crippen LogP contribution is 2.38. The molecule has 2 aliphatic rings. The number of alkyl halides is 3. The minimum Gasteiger partial charge on any atom is -0.338 e. The predicted molar refractivity (Wildman–Crippen MR) is 126 cm³/mol. The number of amides is 2. The van der Waals surface area contributed by atoms with Gasteiger partial charge >= 0.3 is 6.18 Å². The number of carbonyl (C=O) groups excluding carboxylic acids is 2. The highest BCUT2D eigenvalue weighted by atomic mass is 19.4. The summed E-state index contributed by atoms with van der Waals surface area (Å²) < 4.78 is 53.6. The number of rotatable bonds is 3. The van der Waals surface area contributed by atoms with Crippen LogP contribution in [-0.2, 0) is 23.9 Å². The number of fused-ring (bicyclic) bond motifs is 1. The average Bonchev–Trinajstić information content (AvgIpc) is 3.33. The van der Waals surface area contributed by atoms with Crippen molar-refractivity contribution in [1.82, 2.24) is 9.80 Å². The van der Waals surface area contributed by atoms with Gasteiger partial charge in [0, 0.05) is 37.7 Å². The molecule has 0 spiro atoms. The molecule has 36 heavy (non-hydrogen) atoms. The lowest BCUT2D eigenvalue weighted by Crippen LogP contribution is -2.42. The van der Waals surface area contributed by atoms with Crippen LogP contribution in [0.25, 0.3) is 0 Å². The maximum Gasteiger partial charge on any atom is 0.416 e.